The molecule has 114 valence electrons. The first-order valence-electron chi connectivity index (χ1n) is 8.45. The highest BCUT2D eigenvalue weighted by molar-refractivity contribution is 4.89. The molecular formula is C17H36N2. The van der Waals surface area contributed by atoms with E-state index in [1.54, 1.807) is 0 Å². The second-order valence-corrected chi connectivity index (χ2v) is 7.24. The Labute approximate surface area is 121 Å². The van der Waals surface area contributed by atoms with E-state index >= 15 is 0 Å². The van der Waals surface area contributed by atoms with Crippen LogP contribution in [-0.4, -0.2) is 37.1 Å². The first-order chi connectivity index (χ1) is 9.00. The van der Waals surface area contributed by atoms with Gasteiger partial charge in [0, 0.05) is 19.1 Å². The minimum atomic E-state index is 0.436. The van der Waals surface area contributed by atoms with Crippen LogP contribution in [0.25, 0.3) is 0 Å². The summed E-state index contributed by atoms with van der Waals surface area (Å²) in [6.07, 6.45) is 6.81. The van der Waals surface area contributed by atoms with Crippen molar-refractivity contribution in [3.63, 3.8) is 0 Å². The van der Waals surface area contributed by atoms with Gasteiger partial charge in [-0.2, -0.15) is 0 Å². The molecule has 1 saturated carbocycles. The van der Waals surface area contributed by atoms with Gasteiger partial charge in [0.2, 0.25) is 0 Å². The van der Waals surface area contributed by atoms with Gasteiger partial charge in [0.1, 0.15) is 0 Å². The number of hydrogen-bond donors (Lipinski definition) is 1. The summed E-state index contributed by atoms with van der Waals surface area (Å²) < 4.78 is 0. The van der Waals surface area contributed by atoms with E-state index in [1.165, 1.54) is 45.2 Å². The van der Waals surface area contributed by atoms with E-state index in [0.717, 1.165) is 25.0 Å². The van der Waals surface area contributed by atoms with Gasteiger partial charge >= 0.3 is 0 Å². The lowest BCUT2D eigenvalue weighted by Gasteiger charge is -2.35. The summed E-state index contributed by atoms with van der Waals surface area (Å²) in [5.74, 6) is 0.751. The maximum atomic E-state index is 3.67. The lowest BCUT2D eigenvalue weighted by Crippen LogP contribution is -2.44. The molecule has 0 radical (unpaired) electrons. The summed E-state index contributed by atoms with van der Waals surface area (Å²) >= 11 is 0. The largest absolute Gasteiger partial charge is 0.316 e. The average molecular weight is 268 g/mol. The summed E-state index contributed by atoms with van der Waals surface area (Å²) in [7, 11) is 0. The van der Waals surface area contributed by atoms with Crippen LogP contribution in [0, 0.1) is 11.3 Å². The molecule has 1 rings (SSSR count). The zero-order chi connectivity index (χ0) is 14.3. The molecule has 1 fully saturated rings. The summed E-state index contributed by atoms with van der Waals surface area (Å²) in [5, 5.41) is 3.67. The van der Waals surface area contributed by atoms with Crippen LogP contribution in [0.4, 0.5) is 0 Å². The van der Waals surface area contributed by atoms with Crippen molar-refractivity contribution >= 4 is 0 Å². The van der Waals surface area contributed by atoms with Crippen molar-refractivity contribution in [1.82, 2.24) is 10.2 Å². The minimum absolute atomic E-state index is 0.436. The van der Waals surface area contributed by atoms with Crippen molar-refractivity contribution < 1.29 is 0 Å². The Hall–Kier alpha value is -0.0800. The highest BCUT2D eigenvalue weighted by Crippen LogP contribution is 2.31. The third kappa shape index (κ3) is 6.76. The van der Waals surface area contributed by atoms with Crippen molar-refractivity contribution in [2.45, 2.75) is 72.8 Å². The molecule has 0 aromatic carbocycles. The van der Waals surface area contributed by atoms with Crippen molar-refractivity contribution in [2.24, 2.45) is 11.3 Å². The number of nitrogens with one attached hydrogen (secondary N) is 1. The second-order valence-electron chi connectivity index (χ2n) is 7.24. The van der Waals surface area contributed by atoms with E-state index < -0.39 is 0 Å². The Kier molecular flexibility index (Phi) is 7.38. The van der Waals surface area contributed by atoms with E-state index in [0.29, 0.717) is 5.41 Å². The number of hydrogen-bond acceptors (Lipinski definition) is 2. The van der Waals surface area contributed by atoms with Crippen molar-refractivity contribution in [3.8, 4) is 0 Å². The third-order valence-corrected chi connectivity index (χ3v) is 4.40. The van der Waals surface area contributed by atoms with E-state index in [1.807, 2.05) is 0 Å². The minimum Gasteiger partial charge on any atom is -0.316 e. The van der Waals surface area contributed by atoms with Crippen LogP contribution in [0.2, 0.25) is 0 Å². The molecule has 0 aromatic heterocycles. The van der Waals surface area contributed by atoms with Crippen molar-refractivity contribution in [1.29, 1.82) is 0 Å². The molecule has 0 heterocycles. The van der Waals surface area contributed by atoms with Crippen LogP contribution in [0.15, 0.2) is 0 Å². The van der Waals surface area contributed by atoms with Crippen LogP contribution in [0.1, 0.15) is 66.7 Å². The van der Waals surface area contributed by atoms with Gasteiger partial charge in [-0.3, -0.25) is 4.90 Å². The number of nitrogens with zero attached hydrogens (tertiary/aromatic N) is 1. The molecule has 19 heavy (non-hydrogen) atoms. The second kappa shape index (κ2) is 8.26. The first kappa shape index (κ1) is 17.0. The normalized spacial score (nSPS) is 19.1. The van der Waals surface area contributed by atoms with Gasteiger partial charge in [0.05, 0.1) is 0 Å². The fourth-order valence-electron chi connectivity index (χ4n) is 2.64. The lowest BCUT2D eigenvalue weighted by molar-refractivity contribution is 0.145. The Morgan fingerprint density at radius 1 is 1.26 bits per heavy atom. The highest BCUT2D eigenvalue weighted by atomic mass is 15.2. The maximum absolute atomic E-state index is 3.67. The van der Waals surface area contributed by atoms with E-state index in [2.05, 4.69) is 44.8 Å². The summed E-state index contributed by atoms with van der Waals surface area (Å²) in [6, 6.07) is 0.905. The van der Waals surface area contributed by atoms with Crippen molar-refractivity contribution in [3.05, 3.63) is 0 Å². The standard InChI is InChI=1S/C17H36N2/c1-6-8-11-19(16-9-10-16)14-17(5,7-2)13-18-12-15(3)4/h15-16,18H,6-14H2,1-5H3. The molecule has 1 N–H and O–H groups in total. The maximum Gasteiger partial charge on any atom is 0.00966 e. The molecule has 0 amide bonds. The van der Waals surface area contributed by atoms with Gasteiger partial charge in [-0.05, 0) is 50.1 Å². The molecule has 2 nitrogen and oxygen atoms in total. The molecule has 0 aromatic rings. The predicted octanol–water partition coefficient (Wildman–Crippen LogP) is 3.91. The van der Waals surface area contributed by atoms with Gasteiger partial charge in [-0.1, -0.05) is 41.0 Å². The van der Waals surface area contributed by atoms with Crippen LogP contribution < -0.4 is 5.32 Å². The van der Waals surface area contributed by atoms with Gasteiger partial charge in [0.25, 0.3) is 0 Å². The molecule has 1 aliphatic carbocycles. The van der Waals surface area contributed by atoms with Crippen LogP contribution >= 0.6 is 0 Å². The van der Waals surface area contributed by atoms with Gasteiger partial charge in [0.15, 0.2) is 0 Å². The Balaban J connectivity index is 2.41. The smallest absolute Gasteiger partial charge is 0.00966 e. The van der Waals surface area contributed by atoms with Crippen LogP contribution in [0.5, 0.6) is 0 Å². The van der Waals surface area contributed by atoms with Gasteiger partial charge in [-0.15, -0.1) is 0 Å². The molecule has 0 spiro atoms. The molecule has 0 bridgehead atoms. The monoisotopic (exact) mass is 268 g/mol. The Morgan fingerprint density at radius 2 is 1.95 bits per heavy atom. The zero-order valence-corrected chi connectivity index (χ0v) is 14.0. The fourth-order valence-corrected chi connectivity index (χ4v) is 2.64. The van der Waals surface area contributed by atoms with Gasteiger partial charge < -0.3 is 5.32 Å². The number of unbranched alkanes of at least 4 members (excludes halogenated alkanes) is 1. The predicted molar refractivity (Wildman–Crippen MR) is 85.6 cm³/mol. The first-order valence-corrected chi connectivity index (χ1v) is 8.45. The summed E-state index contributed by atoms with van der Waals surface area (Å²) in [4.78, 5) is 2.77. The molecule has 1 unspecified atom stereocenters. The van der Waals surface area contributed by atoms with E-state index in [-0.39, 0.29) is 0 Å². The quantitative estimate of drug-likeness (QED) is 0.611. The van der Waals surface area contributed by atoms with E-state index in [9.17, 15) is 0 Å². The summed E-state index contributed by atoms with van der Waals surface area (Å²) in [6.45, 7) is 16.6. The van der Waals surface area contributed by atoms with E-state index in [4.69, 9.17) is 0 Å². The molecule has 1 atom stereocenters. The SMILES string of the molecule is CCCCN(CC(C)(CC)CNCC(C)C)C1CC1. The van der Waals surface area contributed by atoms with Crippen LogP contribution in [0.3, 0.4) is 0 Å². The summed E-state index contributed by atoms with van der Waals surface area (Å²) in [5.41, 5.74) is 0.436. The number of rotatable bonds is 11. The molecule has 0 saturated heterocycles. The third-order valence-electron chi connectivity index (χ3n) is 4.40. The fraction of sp³-hybridized carbons (Fsp3) is 1.00. The van der Waals surface area contributed by atoms with Gasteiger partial charge in [-0.25, -0.2) is 0 Å². The van der Waals surface area contributed by atoms with Crippen molar-refractivity contribution in [2.75, 3.05) is 26.2 Å². The molecule has 1 aliphatic rings. The zero-order valence-electron chi connectivity index (χ0n) is 14.0. The topological polar surface area (TPSA) is 15.3 Å². The Bertz CT molecular complexity index is 235. The average Bonchev–Trinajstić information content (AvgIpc) is 3.18. The Morgan fingerprint density at radius 3 is 2.42 bits per heavy atom. The molecule has 2 heteroatoms. The van der Waals surface area contributed by atoms with Crippen LogP contribution in [-0.2, 0) is 0 Å². The lowest BCUT2D eigenvalue weighted by atomic mass is 9.86. The molecule has 0 aliphatic heterocycles. The molecular weight excluding hydrogens is 232 g/mol. The highest BCUT2D eigenvalue weighted by Gasteiger charge is 2.33.